The molecule has 25 heavy (non-hydrogen) atoms. The predicted molar refractivity (Wildman–Crippen MR) is 88.5 cm³/mol. The topological polar surface area (TPSA) is 50.8 Å². The van der Waals surface area contributed by atoms with Crippen LogP contribution in [-0.2, 0) is 16.1 Å². The number of hydrogen-bond acceptors (Lipinski definition) is 4. The van der Waals surface area contributed by atoms with E-state index in [4.69, 9.17) is 4.74 Å². The van der Waals surface area contributed by atoms with Gasteiger partial charge in [0.1, 0.15) is 11.8 Å². The van der Waals surface area contributed by atoms with E-state index in [0.29, 0.717) is 19.3 Å². The van der Waals surface area contributed by atoms with Gasteiger partial charge in [0.25, 0.3) is 0 Å². The number of carbonyl (C=O) groups is 1. The van der Waals surface area contributed by atoms with Crippen LogP contribution in [0.2, 0.25) is 0 Å². The summed E-state index contributed by atoms with van der Waals surface area (Å²) in [7, 11) is 0. The maximum absolute atomic E-state index is 12.6. The zero-order chi connectivity index (χ0) is 17.6. The number of alkyl halides is 2. The van der Waals surface area contributed by atoms with Gasteiger partial charge in [0.05, 0.1) is 13.2 Å². The van der Waals surface area contributed by atoms with Crippen molar-refractivity contribution >= 4 is 5.91 Å². The summed E-state index contributed by atoms with van der Waals surface area (Å²) in [4.78, 5) is 14.9. The van der Waals surface area contributed by atoms with E-state index in [2.05, 4.69) is 15.0 Å². The van der Waals surface area contributed by atoms with Gasteiger partial charge in [0, 0.05) is 19.1 Å². The Balaban J connectivity index is 1.57. The molecule has 1 atom stereocenters. The molecule has 1 unspecified atom stereocenters. The number of ether oxygens (including phenoxy) is 2. The zero-order valence-electron chi connectivity index (χ0n) is 14.1. The molecule has 0 spiro atoms. The zero-order valence-corrected chi connectivity index (χ0v) is 14.1. The summed E-state index contributed by atoms with van der Waals surface area (Å²) in [6.45, 7) is -0.747. The molecule has 1 saturated heterocycles. The highest BCUT2D eigenvalue weighted by atomic mass is 19.3. The Bertz CT molecular complexity index is 579. The minimum absolute atomic E-state index is 0.0771. The van der Waals surface area contributed by atoms with Gasteiger partial charge in [-0.2, -0.15) is 8.78 Å². The first-order chi connectivity index (χ1) is 12.1. The molecule has 2 fully saturated rings. The van der Waals surface area contributed by atoms with Gasteiger partial charge in [0.15, 0.2) is 0 Å². The average Bonchev–Trinajstić information content (AvgIpc) is 3.14. The molecule has 2 aliphatic rings. The third-order valence-electron chi connectivity index (χ3n) is 4.86. The van der Waals surface area contributed by atoms with Crippen molar-refractivity contribution in [2.45, 2.75) is 50.9 Å². The molecule has 0 radical (unpaired) electrons. The second kappa shape index (κ2) is 8.58. The third-order valence-corrected chi connectivity index (χ3v) is 4.86. The Kier molecular flexibility index (Phi) is 6.20. The molecule has 1 N–H and O–H groups in total. The Hall–Kier alpha value is -1.73. The van der Waals surface area contributed by atoms with Crippen molar-refractivity contribution in [1.29, 1.82) is 0 Å². The van der Waals surface area contributed by atoms with Crippen LogP contribution in [0.3, 0.4) is 0 Å². The van der Waals surface area contributed by atoms with Crippen LogP contribution in [0.25, 0.3) is 0 Å². The highest BCUT2D eigenvalue weighted by Gasteiger charge is 2.35. The van der Waals surface area contributed by atoms with Crippen LogP contribution >= 0.6 is 0 Å². The van der Waals surface area contributed by atoms with Gasteiger partial charge in [-0.15, -0.1) is 0 Å². The van der Waals surface area contributed by atoms with Gasteiger partial charge in [0.2, 0.25) is 5.91 Å². The van der Waals surface area contributed by atoms with Gasteiger partial charge >= 0.3 is 6.61 Å². The number of nitrogens with one attached hydrogen (secondary N) is 1. The van der Waals surface area contributed by atoms with E-state index in [1.54, 1.807) is 12.1 Å². The standard InChI is InChI=1S/C18H24F2N2O3/c19-18(20)25-15-7-3-4-13(10-15)11-21-17(23)16-12-24-9-8-22(16)14-5-1-2-6-14/h3-4,7,10,14,16,18H,1-2,5-6,8-9,11-12H2,(H,21,23). The summed E-state index contributed by atoms with van der Waals surface area (Å²) in [5, 5.41) is 2.90. The van der Waals surface area contributed by atoms with Crippen molar-refractivity contribution in [1.82, 2.24) is 10.2 Å². The SMILES string of the molecule is O=C(NCc1cccc(OC(F)F)c1)C1COCCN1C1CCCC1. The van der Waals surface area contributed by atoms with Crippen molar-refractivity contribution in [3.63, 3.8) is 0 Å². The summed E-state index contributed by atoms with van der Waals surface area (Å²) < 4.78 is 34.5. The Labute approximate surface area is 146 Å². The summed E-state index contributed by atoms with van der Waals surface area (Å²) in [6, 6.07) is 6.56. The van der Waals surface area contributed by atoms with E-state index in [1.807, 2.05) is 0 Å². The summed E-state index contributed by atoms with van der Waals surface area (Å²) in [5.41, 5.74) is 0.718. The fourth-order valence-corrected chi connectivity index (χ4v) is 3.65. The van der Waals surface area contributed by atoms with E-state index in [0.717, 1.165) is 24.9 Å². The molecule has 7 heteroatoms. The van der Waals surface area contributed by atoms with Crippen molar-refractivity contribution in [3.05, 3.63) is 29.8 Å². The van der Waals surface area contributed by atoms with Gasteiger partial charge in [-0.1, -0.05) is 25.0 Å². The monoisotopic (exact) mass is 354 g/mol. The molecule has 1 amide bonds. The molecule has 0 aromatic heterocycles. The number of nitrogens with zero attached hydrogens (tertiary/aromatic N) is 1. The van der Waals surface area contributed by atoms with Crippen LogP contribution in [0.1, 0.15) is 31.2 Å². The number of rotatable bonds is 6. The lowest BCUT2D eigenvalue weighted by atomic mass is 10.1. The Morgan fingerprint density at radius 3 is 2.92 bits per heavy atom. The van der Waals surface area contributed by atoms with E-state index in [9.17, 15) is 13.6 Å². The van der Waals surface area contributed by atoms with Crippen LogP contribution < -0.4 is 10.1 Å². The number of amides is 1. The number of morpholine rings is 1. The van der Waals surface area contributed by atoms with Crippen LogP contribution in [0, 0.1) is 0 Å². The van der Waals surface area contributed by atoms with Crippen molar-refractivity contribution in [2.24, 2.45) is 0 Å². The second-order valence-electron chi connectivity index (χ2n) is 6.51. The van der Waals surface area contributed by atoms with Crippen LogP contribution in [0.4, 0.5) is 8.78 Å². The fraction of sp³-hybridized carbons (Fsp3) is 0.611. The Morgan fingerprint density at radius 1 is 1.36 bits per heavy atom. The third kappa shape index (κ3) is 4.89. The minimum atomic E-state index is -2.86. The molecule has 1 heterocycles. The van der Waals surface area contributed by atoms with E-state index in [1.165, 1.54) is 25.0 Å². The first kappa shape index (κ1) is 18.1. The normalized spacial score (nSPS) is 22.3. The average molecular weight is 354 g/mol. The van der Waals surface area contributed by atoms with Crippen LogP contribution in [0.15, 0.2) is 24.3 Å². The predicted octanol–water partition coefficient (Wildman–Crippen LogP) is 2.55. The molecular formula is C18H24F2N2O3. The molecule has 0 bridgehead atoms. The quantitative estimate of drug-likeness (QED) is 0.853. The molecule has 1 saturated carbocycles. The summed E-state index contributed by atoms with van der Waals surface area (Å²) in [6.07, 6.45) is 4.70. The lowest BCUT2D eigenvalue weighted by Crippen LogP contribution is -2.56. The Morgan fingerprint density at radius 2 is 2.16 bits per heavy atom. The highest BCUT2D eigenvalue weighted by Crippen LogP contribution is 2.26. The summed E-state index contributed by atoms with van der Waals surface area (Å²) in [5.74, 6) is 0.0158. The lowest BCUT2D eigenvalue weighted by molar-refractivity contribution is -0.134. The first-order valence-corrected chi connectivity index (χ1v) is 8.78. The van der Waals surface area contributed by atoms with Gasteiger partial charge in [-0.05, 0) is 30.5 Å². The maximum atomic E-state index is 12.6. The second-order valence-corrected chi connectivity index (χ2v) is 6.51. The van der Waals surface area contributed by atoms with Gasteiger partial charge in [-0.25, -0.2) is 0 Å². The molecular weight excluding hydrogens is 330 g/mol. The molecule has 1 aromatic carbocycles. The first-order valence-electron chi connectivity index (χ1n) is 8.78. The van der Waals surface area contributed by atoms with Gasteiger partial charge in [-0.3, -0.25) is 9.69 Å². The lowest BCUT2D eigenvalue weighted by Gasteiger charge is -2.38. The fourth-order valence-electron chi connectivity index (χ4n) is 3.65. The molecule has 1 aliphatic heterocycles. The molecule has 5 nitrogen and oxygen atoms in total. The van der Waals surface area contributed by atoms with E-state index in [-0.39, 0.29) is 24.2 Å². The number of halogens is 2. The minimum Gasteiger partial charge on any atom is -0.435 e. The van der Waals surface area contributed by atoms with E-state index < -0.39 is 6.61 Å². The van der Waals surface area contributed by atoms with Gasteiger partial charge < -0.3 is 14.8 Å². The highest BCUT2D eigenvalue weighted by molar-refractivity contribution is 5.82. The largest absolute Gasteiger partial charge is 0.435 e. The van der Waals surface area contributed by atoms with Crippen LogP contribution in [0.5, 0.6) is 5.75 Å². The van der Waals surface area contributed by atoms with Crippen molar-refractivity contribution in [3.8, 4) is 5.75 Å². The smallest absolute Gasteiger partial charge is 0.387 e. The van der Waals surface area contributed by atoms with Crippen molar-refractivity contribution < 1.29 is 23.0 Å². The molecule has 1 aromatic rings. The maximum Gasteiger partial charge on any atom is 0.387 e. The summed E-state index contributed by atoms with van der Waals surface area (Å²) >= 11 is 0. The number of hydrogen-bond donors (Lipinski definition) is 1. The number of benzene rings is 1. The van der Waals surface area contributed by atoms with Crippen LogP contribution in [-0.4, -0.2) is 49.3 Å². The van der Waals surface area contributed by atoms with E-state index >= 15 is 0 Å². The molecule has 138 valence electrons. The molecule has 3 rings (SSSR count). The molecule has 1 aliphatic carbocycles. The number of carbonyl (C=O) groups excluding carboxylic acids is 1. The van der Waals surface area contributed by atoms with Crippen molar-refractivity contribution in [2.75, 3.05) is 19.8 Å².